The average molecular weight is 322 g/mol. The summed E-state index contributed by atoms with van der Waals surface area (Å²) in [5.74, 6) is 0.579. The second kappa shape index (κ2) is 5.96. The highest BCUT2D eigenvalue weighted by Crippen LogP contribution is 2.32. The number of ether oxygens (including phenoxy) is 1. The lowest BCUT2D eigenvalue weighted by Crippen LogP contribution is -2.32. The predicted molar refractivity (Wildman–Crippen MR) is 83.2 cm³/mol. The third-order valence-electron chi connectivity index (χ3n) is 3.46. The first-order chi connectivity index (χ1) is 10.2. The molecular formula is C16H13Cl2NO2. The maximum absolute atomic E-state index is 12.4. The zero-order chi connectivity index (χ0) is 14.8. The quantitative estimate of drug-likeness (QED) is 0.898. The van der Waals surface area contributed by atoms with Gasteiger partial charge in [0.05, 0.1) is 28.3 Å². The molecule has 0 bridgehead atoms. The van der Waals surface area contributed by atoms with Crippen LogP contribution in [0.3, 0.4) is 0 Å². The minimum absolute atomic E-state index is 0.0856. The molecular weight excluding hydrogens is 309 g/mol. The lowest BCUT2D eigenvalue weighted by Gasteiger charge is -2.26. The summed E-state index contributed by atoms with van der Waals surface area (Å²) in [7, 11) is 0. The highest BCUT2D eigenvalue weighted by Gasteiger charge is 2.24. The number of hydrogen-bond acceptors (Lipinski definition) is 2. The Morgan fingerprint density at radius 3 is 2.81 bits per heavy atom. The third kappa shape index (κ3) is 2.85. The van der Waals surface area contributed by atoms with E-state index in [9.17, 15) is 4.79 Å². The van der Waals surface area contributed by atoms with Gasteiger partial charge in [-0.1, -0.05) is 47.5 Å². The summed E-state index contributed by atoms with van der Waals surface area (Å²) >= 11 is 12.0. The second-order valence-electron chi connectivity index (χ2n) is 4.80. The molecule has 0 fully saturated rings. The van der Waals surface area contributed by atoms with Crippen molar-refractivity contribution < 1.29 is 9.53 Å². The second-order valence-corrected chi connectivity index (χ2v) is 5.59. The number of carbonyl (C=O) groups excluding carboxylic acids is 1. The smallest absolute Gasteiger partial charge is 0.253 e. The highest BCUT2D eigenvalue weighted by molar-refractivity contribution is 6.43. The van der Waals surface area contributed by atoms with Crippen LogP contribution in [0.2, 0.25) is 10.0 Å². The zero-order valence-corrected chi connectivity index (χ0v) is 12.6. The van der Waals surface area contributed by atoms with Crippen LogP contribution in [-0.2, 0) is 0 Å². The molecule has 1 heterocycles. The van der Waals surface area contributed by atoms with Crippen LogP contribution in [0.4, 0.5) is 0 Å². The molecule has 0 saturated heterocycles. The van der Waals surface area contributed by atoms with Gasteiger partial charge in [-0.3, -0.25) is 4.79 Å². The van der Waals surface area contributed by atoms with E-state index >= 15 is 0 Å². The van der Waals surface area contributed by atoms with Crippen LogP contribution in [0.1, 0.15) is 28.4 Å². The fourth-order valence-electron chi connectivity index (χ4n) is 2.41. The Kier molecular flexibility index (Phi) is 4.04. The van der Waals surface area contributed by atoms with E-state index in [-0.39, 0.29) is 17.0 Å². The van der Waals surface area contributed by atoms with Crippen molar-refractivity contribution in [1.29, 1.82) is 0 Å². The number of amides is 1. The number of halogens is 2. The van der Waals surface area contributed by atoms with Gasteiger partial charge in [0.25, 0.3) is 5.91 Å². The Balaban J connectivity index is 1.85. The Hall–Kier alpha value is -1.71. The summed E-state index contributed by atoms with van der Waals surface area (Å²) in [5, 5.41) is 3.64. The van der Waals surface area contributed by atoms with Crippen molar-refractivity contribution in [3.8, 4) is 5.75 Å². The van der Waals surface area contributed by atoms with Gasteiger partial charge in [0.15, 0.2) is 0 Å². The standard InChI is InChI=1S/C16H13Cl2NO2/c17-12-6-3-5-11(15(12)18)16(20)19-13-8-9-21-14-7-2-1-4-10(13)14/h1-7,13H,8-9H2,(H,19,20)/t13-/m1/s1. The number of para-hydroxylation sites is 1. The molecule has 1 atom stereocenters. The molecule has 0 radical (unpaired) electrons. The molecule has 2 aromatic rings. The summed E-state index contributed by atoms with van der Waals surface area (Å²) in [4.78, 5) is 12.4. The van der Waals surface area contributed by atoms with Crippen molar-refractivity contribution >= 4 is 29.1 Å². The van der Waals surface area contributed by atoms with Crippen molar-refractivity contribution in [1.82, 2.24) is 5.32 Å². The minimum Gasteiger partial charge on any atom is -0.493 e. The summed E-state index contributed by atoms with van der Waals surface area (Å²) < 4.78 is 5.59. The first kappa shape index (κ1) is 14.2. The fourth-order valence-corrected chi connectivity index (χ4v) is 2.79. The van der Waals surface area contributed by atoms with Gasteiger partial charge in [-0.05, 0) is 18.2 Å². The van der Waals surface area contributed by atoms with Crippen LogP contribution in [0.25, 0.3) is 0 Å². The van der Waals surface area contributed by atoms with E-state index < -0.39 is 0 Å². The fraction of sp³-hybridized carbons (Fsp3) is 0.188. The molecule has 21 heavy (non-hydrogen) atoms. The molecule has 108 valence electrons. The summed E-state index contributed by atoms with van der Waals surface area (Å²) in [6.07, 6.45) is 0.723. The predicted octanol–water partition coefficient (Wildman–Crippen LogP) is 4.25. The van der Waals surface area contributed by atoms with Crippen molar-refractivity contribution in [3.63, 3.8) is 0 Å². The first-order valence-electron chi connectivity index (χ1n) is 6.63. The van der Waals surface area contributed by atoms with E-state index in [4.69, 9.17) is 27.9 Å². The van der Waals surface area contributed by atoms with Crippen molar-refractivity contribution in [2.24, 2.45) is 0 Å². The summed E-state index contributed by atoms with van der Waals surface area (Å²) in [6.45, 7) is 0.575. The molecule has 1 amide bonds. The maximum atomic E-state index is 12.4. The van der Waals surface area contributed by atoms with Crippen LogP contribution >= 0.6 is 23.2 Å². The largest absolute Gasteiger partial charge is 0.493 e. The van der Waals surface area contributed by atoms with Gasteiger partial charge in [-0.15, -0.1) is 0 Å². The van der Waals surface area contributed by atoms with Gasteiger partial charge in [-0.25, -0.2) is 0 Å². The van der Waals surface area contributed by atoms with E-state index in [0.29, 0.717) is 17.2 Å². The van der Waals surface area contributed by atoms with Gasteiger partial charge < -0.3 is 10.1 Å². The molecule has 1 aliphatic heterocycles. The first-order valence-corrected chi connectivity index (χ1v) is 7.39. The monoisotopic (exact) mass is 321 g/mol. The van der Waals surface area contributed by atoms with Gasteiger partial charge in [0.1, 0.15) is 5.75 Å². The normalized spacial score (nSPS) is 16.8. The van der Waals surface area contributed by atoms with Crippen LogP contribution in [0.5, 0.6) is 5.75 Å². The van der Waals surface area contributed by atoms with E-state index in [1.165, 1.54) is 0 Å². The molecule has 1 aliphatic rings. The van der Waals surface area contributed by atoms with Crippen molar-refractivity contribution in [2.45, 2.75) is 12.5 Å². The molecule has 0 spiro atoms. The molecule has 3 nitrogen and oxygen atoms in total. The van der Waals surface area contributed by atoms with E-state index in [1.807, 2.05) is 24.3 Å². The number of fused-ring (bicyclic) bond motifs is 1. The Bertz CT molecular complexity index is 688. The van der Waals surface area contributed by atoms with E-state index in [2.05, 4.69) is 5.32 Å². The molecule has 0 aromatic heterocycles. The Labute approximate surface area is 132 Å². The van der Waals surface area contributed by atoms with Gasteiger partial charge >= 0.3 is 0 Å². The zero-order valence-electron chi connectivity index (χ0n) is 11.1. The van der Waals surface area contributed by atoms with E-state index in [0.717, 1.165) is 17.7 Å². The molecule has 0 aliphatic carbocycles. The number of benzene rings is 2. The van der Waals surface area contributed by atoms with E-state index in [1.54, 1.807) is 18.2 Å². The van der Waals surface area contributed by atoms with Gasteiger partial charge in [0, 0.05) is 12.0 Å². The van der Waals surface area contributed by atoms with Crippen molar-refractivity contribution in [3.05, 3.63) is 63.6 Å². The highest BCUT2D eigenvalue weighted by atomic mass is 35.5. The Morgan fingerprint density at radius 2 is 1.95 bits per heavy atom. The van der Waals surface area contributed by atoms with Gasteiger partial charge in [0.2, 0.25) is 0 Å². The van der Waals surface area contributed by atoms with Gasteiger partial charge in [-0.2, -0.15) is 0 Å². The lowest BCUT2D eigenvalue weighted by atomic mass is 10.00. The third-order valence-corrected chi connectivity index (χ3v) is 4.28. The van der Waals surface area contributed by atoms with Crippen molar-refractivity contribution in [2.75, 3.05) is 6.61 Å². The molecule has 1 N–H and O–H groups in total. The summed E-state index contributed by atoms with van der Waals surface area (Å²) in [6, 6.07) is 12.6. The number of carbonyl (C=O) groups is 1. The number of hydrogen-bond donors (Lipinski definition) is 1. The molecule has 3 rings (SSSR count). The van der Waals surface area contributed by atoms with Crippen LogP contribution in [0.15, 0.2) is 42.5 Å². The molecule has 0 unspecified atom stereocenters. The molecule has 5 heteroatoms. The molecule has 2 aromatic carbocycles. The number of rotatable bonds is 2. The lowest BCUT2D eigenvalue weighted by molar-refractivity contribution is 0.0925. The number of nitrogens with one attached hydrogen (secondary N) is 1. The maximum Gasteiger partial charge on any atom is 0.253 e. The SMILES string of the molecule is O=C(N[C@@H]1CCOc2ccccc21)c1cccc(Cl)c1Cl. The Morgan fingerprint density at radius 1 is 1.14 bits per heavy atom. The molecule has 0 saturated carbocycles. The average Bonchev–Trinajstić information content (AvgIpc) is 2.50. The summed E-state index contributed by atoms with van der Waals surface area (Å²) in [5.41, 5.74) is 1.36. The topological polar surface area (TPSA) is 38.3 Å². The minimum atomic E-state index is -0.232. The van der Waals surface area contributed by atoms with Crippen LogP contribution in [0, 0.1) is 0 Å². The van der Waals surface area contributed by atoms with Crippen LogP contribution in [-0.4, -0.2) is 12.5 Å². The van der Waals surface area contributed by atoms with Crippen LogP contribution < -0.4 is 10.1 Å².